The Kier molecular flexibility index (Phi) is 4.77. The molecule has 1 aliphatic carbocycles. The first-order valence-corrected chi connectivity index (χ1v) is 7.29. The fourth-order valence-corrected chi connectivity index (χ4v) is 2.64. The standard InChI is InChI=1S/C13H16ClIO/c14-12-8-11(6-7-13(12)15)16-9-10-4-2-1-3-5-10/h6-8,10H,1-5,9H2. The van der Waals surface area contributed by atoms with Crippen molar-refractivity contribution in [3.63, 3.8) is 0 Å². The minimum Gasteiger partial charge on any atom is -0.493 e. The van der Waals surface area contributed by atoms with Gasteiger partial charge in [0.15, 0.2) is 0 Å². The van der Waals surface area contributed by atoms with Crippen LogP contribution in [0.5, 0.6) is 5.75 Å². The maximum absolute atomic E-state index is 6.05. The second-order valence-electron chi connectivity index (χ2n) is 4.39. The maximum Gasteiger partial charge on any atom is 0.120 e. The summed E-state index contributed by atoms with van der Waals surface area (Å²) in [5.74, 6) is 1.64. The summed E-state index contributed by atoms with van der Waals surface area (Å²) in [6.07, 6.45) is 6.75. The Balaban J connectivity index is 1.86. The molecule has 0 saturated heterocycles. The molecule has 16 heavy (non-hydrogen) atoms. The monoisotopic (exact) mass is 350 g/mol. The lowest BCUT2D eigenvalue weighted by Gasteiger charge is -2.21. The highest BCUT2D eigenvalue weighted by atomic mass is 127. The molecule has 0 radical (unpaired) electrons. The normalized spacial score (nSPS) is 17.4. The minimum absolute atomic E-state index is 0.742. The van der Waals surface area contributed by atoms with E-state index >= 15 is 0 Å². The lowest BCUT2D eigenvalue weighted by molar-refractivity contribution is 0.209. The largest absolute Gasteiger partial charge is 0.493 e. The van der Waals surface area contributed by atoms with E-state index in [2.05, 4.69) is 22.6 Å². The summed E-state index contributed by atoms with van der Waals surface area (Å²) in [5, 5.41) is 0.779. The molecule has 2 rings (SSSR count). The molecular weight excluding hydrogens is 334 g/mol. The quantitative estimate of drug-likeness (QED) is 0.704. The molecule has 1 fully saturated rings. The predicted molar refractivity (Wildman–Crippen MR) is 76.2 cm³/mol. The summed E-state index contributed by atoms with van der Waals surface area (Å²) in [7, 11) is 0. The van der Waals surface area contributed by atoms with Gasteiger partial charge in [0, 0.05) is 3.57 Å². The van der Waals surface area contributed by atoms with Gasteiger partial charge in [0.2, 0.25) is 0 Å². The van der Waals surface area contributed by atoms with Crippen molar-refractivity contribution >= 4 is 34.2 Å². The van der Waals surface area contributed by atoms with Gasteiger partial charge in [-0.15, -0.1) is 0 Å². The zero-order valence-corrected chi connectivity index (χ0v) is 12.1. The maximum atomic E-state index is 6.05. The molecule has 0 bridgehead atoms. The van der Waals surface area contributed by atoms with E-state index in [1.54, 1.807) is 0 Å². The number of ether oxygens (including phenoxy) is 1. The van der Waals surface area contributed by atoms with E-state index in [1.807, 2.05) is 18.2 Å². The van der Waals surface area contributed by atoms with Gasteiger partial charge in [-0.25, -0.2) is 0 Å². The summed E-state index contributed by atoms with van der Waals surface area (Å²) in [4.78, 5) is 0. The average molecular weight is 351 g/mol. The molecular formula is C13H16ClIO. The minimum atomic E-state index is 0.742. The van der Waals surface area contributed by atoms with Crippen LogP contribution in [0.3, 0.4) is 0 Å². The highest BCUT2D eigenvalue weighted by Gasteiger charge is 2.14. The second-order valence-corrected chi connectivity index (χ2v) is 5.96. The molecule has 0 N–H and O–H groups in total. The molecule has 88 valence electrons. The number of hydrogen-bond donors (Lipinski definition) is 0. The van der Waals surface area contributed by atoms with Gasteiger partial charge in [0.05, 0.1) is 11.6 Å². The van der Waals surface area contributed by atoms with Crippen molar-refractivity contribution in [3.05, 3.63) is 26.8 Å². The van der Waals surface area contributed by atoms with Crippen LogP contribution in [-0.4, -0.2) is 6.61 Å². The van der Waals surface area contributed by atoms with Gasteiger partial charge in [-0.1, -0.05) is 30.9 Å². The number of hydrogen-bond acceptors (Lipinski definition) is 1. The van der Waals surface area contributed by atoms with Gasteiger partial charge in [-0.3, -0.25) is 0 Å². The zero-order chi connectivity index (χ0) is 11.4. The molecule has 0 atom stereocenters. The first-order valence-electron chi connectivity index (χ1n) is 5.83. The Hall–Kier alpha value is 0.0400. The van der Waals surface area contributed by atoms with Crippen LogP contribution < -0.4 is 4.74 Å². The van der Waals surface area contributed by atoms with Gasteiger partial charge in [0.1, 0.15) is 5.75 Å². The number of halogens is 2. The fraction of sp³-hybridized carbons (Fsp3) is 0.538. The van der Waals surface area contributed by atoms with E-state index in [4.69, 9.17) is 16.3 Å². The Morgan fingerprint density at radius 2 is 2.00 bits per heavy atom. The molecule has 3 heteroatoms. The lowest BCUT2D eigenvalue weighted by atomic mass is 9.90. The third kappa shape index (κ3) is 3.52. The lowest BCUT2D eigenvalue weighted by Crippen LogP contribution is -2.15. The van der Waals surface area contributed by atoms with Crippen LogP contribution in [0.4, 0.5) is 0 Å². The van der Waals surface area contributed by atoms with Crippen LogP contribution in [0.2, 0.25) is 5.02 Å². The van der Waals surface area contributed by atoms with Gasteiger partial charge < -0.3 is 4.74 Å². The van der Waals surface area contributed by atoms with Crippen LogP contribution >= 0.6 is 34.2 Å². The van der Waals surface area contributed by atoms with Crippen LogP contribution in [0.1, 0.15) is 32.1 Å². The van der Waals surface area contributed by atoms with E-state index in [0.717, 1.165) is 26.9 Å². The Morgan fingerprint density at radius 1 is 1.25 bits per heavy atom. The van der Waals surface area contributed by atoms with Crippen molar-refractivity contribution in [2.24, 2.45) is 5.92 Å². The van der Waals surface area contributed by atoms with E-state index in [0.29, 0.717) is 0 Å². The highest BCUT2D eigenvalue weighted by molar-refractivity contribution is 14.1. The molecule has 1 saturated carbocycles. The third-order valence-corrected chi connectivity index (χ3v) is 4.67. The van der Waals surface area contributed by atoms with Gasteiger partial charge in [-0.2, -0.15) is 0 Å². The molecule has 0 aliphatic heterocycles. The Labute approximate surface area is 116 Å². The molecule has 0 spiro atoms. The molecule has 1 aromatic rings. The number of benzene rings is 1. The first kappa shape index (κ1) is 12.5. The van der Waals surface area contributed by atoms with Crippen molar-refractivity contribution in [2.45, 2.75) is 32.1 Å². The topological polar surface area (TPSA) is 9.23 Å². The molecule has 0 heterocycles. The van der Waals surface area contributed by atoms with Gasteiger partial charge in [-0.05, 0) is 59.5 Å². The van der Waals surface area contributed by atoms with Crippen molar-refractivity contribution in [1.82, 2.24) is 0 Å². The van der Waals surface area contributed by atoms with E-state index in [-0.39, 0.29) is 0 Å². The number of rotatable bonds is 3. The van der Waals surface area contributed by atoms with Crippen LogP contribution in [-0.2, 0) is 0 Å². The van der Waals surface area contributed by atoms with Gasteiger partial charge >= 0.3 is 0 Å². The highest BCUT2D eigenvalue weighted by Crippen LogP contribution is 2.27. The molecule has 1 aliphatic rings. The van der Waals surface area contributed by atoms with Gasteiger partial charge in [0.25, 0.3) is 0 Å². The van der Waals surface area contributed by atoms with Crippen molar-refractivity contribution in [1.29, 1.82) is 0 Å². The Bertz CT molecular complexity index is 348. The third-order valence-electron chi connectivity index (χ3n) is 3.10. The van der Waals surface area contributed by atoms with E-state index in [1.165, 1.54) is 32.1 Å². The molecule has 0 aromatic heterocycles. The van der Waals surface area contributed by atoms with Crippen molar-refractivity contribution < 1.29 is 4.74 Å². The van der Waals surface area contributed by atoms with Crippen LogP contribution in [0.15, 0.2) is 18.2 Å². The summed E-state index contributed by atoms with van der Waals surface area (Å²) < 4.78 is 6.87. The van der Waals surface area contributed by atoms with E-state index < -0.39 is 0 Å². The van der Waals surface area contributed by atoms with E-state index in [9.17, 15) is 0 Å². The molecule has 0 amide bonds. The SMILES string of the molecule is Clc1cc(OCC2CCCCC2)ccc1I. The van der Waals surface area contributed by atoms with Crippen LogP contribution in [0.25, 0.3) is 0 Å². The Morgan fingerprint density at radius 3 is 2.69 bits per heavy atom. The predicted octanol–water partition coefficient (Wildman–Crippen LogP) is 4.90. The zero-order valence-electron chi connectivity index (χ0n) is 9.22. The average Bonchev–Trinajstić information content (AvgIpc) is 2.32. The second kappa shape index (κ2) is 6.10. The summed E-state index contributed by atoms with van der Waals surface area (Å²) in [6, 6.07) is 5.90. The molecule has 0 unspecified atom stereocenters. The summed E-state index contributed by atoms with van der Waals surface area (Å²) in [6.45, 7) is 0.844. The summed E-state index contributed by atoms with van der Waals surface area (Å²) >= 11 is 8.27. The fourth-order valence-electron chi connectivity index (χ4n) is 2.13. The van der Waals surface area contributed by atoms with Crippen molar-refractivity contribution in [2.75, 3.05) is 6.61 Å². The molecule has 1 nitrogen and oxygen atoms in total. The first-order chi connectivity index (χ1) is 7.75. The molecule has 1 aromatic carbocycles. The van der Waals surface area contributed by atoms with Crippen molar-refractivity contribution in [3.8, 4) is 5.75 Å². The smallest absolute Gasteiger partial charge is 0.120 e. The van der Waals surface area contributed by atoms with Crippen LogP contribution in [0, 0.1) is 9.49 Å². The summed E-state index contributed by atoms with van der Waals surface area (Å²) in [5.41, 5.74) is 0.